The molecule has 0 N–H and O–H groups in total. The molecule has 0 spiro atoms. The fourth-order valence-electron chi connectivity index (χ4n) is 4.18. The highest BCUT2D eigenvalue weighted by atomic mass is 15.5. The number of fused-ring (bicyclic) bond motifs is 1. The lowest BCUT2D eigenvalue weighted by atomic mass is 9.95. The van der Waals surface area contributed by atoms with E-state index >= 15 is 0 Å². The Morgan fingerprint density at radius 1 is 1.17 bits per heavy atom. The fraction of sp³-hybridized carbons (Fsp3) is 0.611. The van der Waals surface area contributed by atoms with E-state index in [0.29, 0.717) is 6.04 Å². The summed E-state index contributed by atoms with van der Waals surface area (Å²) in [6.07, 6.45) is 3.72. The van der Waals surface area contributed by atoms with E-state index in [0.717, 1.165) is 24.8 Å². The largest absolute Gasteiger partial charge is 0.371 e. The number of anilines is 1. The molecule has 0 bridgehead atoms. The van der Waals surface area contributed by atoms with E-state index in [1.165, 1.54) is 43.6 Å². The van der Waals surface area contributed by atoms with Crippen LogP contribution in [0.3, 0.4) is 0 Å². The average molecular weight is 326 g/mol. The summed E-state index contributed by atoms with van der Waals surface area (Å²) in [5, 5.41) is 11.9. The number of piperidine rings is 1. The van der Waals surface area contributed by atoms with Gasteiger partial charge in [-0.05, 0) is 67.3 Å². The Labute approximate surface area is 143 Å². The Morgan fingerprint density at radius 2 is 1.96 bits per heavy atom. The number of nitrogens with zero attached hydrogens (tertiary/aromatic N) is 6. The number of aromatic nitrogens is 4. The maximum Gasteiger partial charge on any atom is 0.167 e. The molecular weight excluding hydrogens is 300 g/mol. The lowest BCUT2D eigenvalue weighted by molar-refractivity contribution is 0.136. The molecule has 3 heterocycles. The summed E-state index contributed by atoms with van der Waals surface area (Å²) >= 11 is 0. The molecule has 4 rings (SSSR count). The van der Waals surface area contributed by atoms with Crippen LogP contribution >= 0.6 is 0 Å². The quantitative estimate of drug-likeness (QED) is 0.861. The van der Waals surface area contributed by atoms with E-state index < -0.39 is 0 Å². The second kappa shape index (κ2) is 6.51. The highest BCUT2D eigenvalue weighted by Crippen LogP contribution is 2.31. The molecule has 1 fully saturated rings. The maximum atomic E-state index is 4.17. The van der Waals surface area contributed by atoms with Crippen LogP contribution in [0.4, 0.5) is 5.69 Å². The van der Waals surface area contributed by atoms with Crippen LogP contribution < -0.4 is 4.90 Å². The smallest absolute Gasteiger partial charge is 0.167 e. The van der Waals surface area contributed by atoms with Crippen molar-refractivity contribution in [3.8, 4) is 0 Å². The summed E-state index contributed by atoms with van der Waals surface area (Å²) in [4.78, 5) is 5.10. The number of rotatable bonds is 4. The van der Waals surface area contributed by atoms with Gasteiger partial charge in [-0.3, -0.25) is 4.90 Å². The number of benzene rings is 1. The molecule has 0 radical (unpaired) electrons. The SMILES string of the molecule is C[C@H](c1nnnn1C)N1CCC(CN2CCc3ccccc32)CC1. The van der Waals surface area contributed by atoms with Crippen LogP contribution in [0.2, 0.25) is 0 Å². The first-order valence-electron chi connectivity index (χ1n) is 9.01. The van der Waals surface area contributed by atoms with Gasteiger partial charge in [0, 0.05) is 25.8 Å². The molecule has 6 nitrogen and oxygen atoms in total. The van der Waals surface area contributed by atoms with Crippen molar-refractivity contribution in [2.24, 2.45) is 13.0 Å². The van der Waals surface area contributed by atoms with Crippen molar-refractivity contribution >= 4 is 5.69 Å². The van der Waals surface area contributed by atoms with Crippen molar-refractivity contribution in [1.29, 1.82) is 0 Å². The summed E-state index contributed by atoms with van der Waals surface area (Å²) in [5.74, 6) is 1.75. The van der Waals surface area contributed by atoms with Gasteiger partial charge in [-0.15, -0.1) is 5.10 Å². The number of hydrogen-bond donors (Lipinski definition) is 0. The number of aryl methyl sites for hydroxylation is 1. The molecular formula is C18H26N6. The van der Waals surface area contributed by atoms with Crippen molar-refractivity contribution in [3.05, 3.63) is 35.7 Å². The van der Waals surface area contributed by atoms with Crippen molar-refractivity contribution in [2.75, 3.05) is 31.1 Å². The van der Waals surface area contributed by atoms with Gasteiger partial charge in [-0.2, -0.15) is 0 Å². The minimum atomic E-state index is 0.290. The standard InChI is InChI=1S/C18H26N6/c1-14(18-19-20-21-22(18)2)23-10-7-15(8-11-23)13-24-12-9-16-5-3-4-6-17(16)24/h3-6,14-15H,7-13H2,1-2H3/t14-/m1/s1. The molecule has 6 heteroatoms. The first-order valence-corrected chi connectivity index (χ1v) is 9.01. The van der Waals surface area contributed by atoms with Crippen molar-refractivity contribution in [2.45, 2.75) is 32.2 Å². The van der Waals surface area contributed by atoms with Crippen LogP contribution in [0.5, 0.6) is 0 Å². The first kappa shape index (κ1) is 15.6. The van der Waals surface area contributed by atoms with Crippen LogP contribution in [-0.4, -0.2) is 51.3 Å². The third-order valence-corrected chi connectivity index (χ3v) is 5.69. The Bertz CT molecular complexity index is 688. The van der Waals surface area contributed by atoms with Crippen LogP contribution in [0.1, 0.15) is 37.2 Å². The molecule has 1 aromatic carbocycles. The molecule has 2 aliphatic rings. The predicted molar refractivity (Wildman–Crippen MR) is 93.9 cm³/mol. The number of tetrazole rings is 1. The Morgan fingerprint density at radius 3 is 2.71 bits per heavy atom. The summed E-state index contributed by atoms with van der Waals surface area (Å²) in [6, 6.07) is 9.16. The van der Waals surface area contributed by atoms with E-state index in [9.17, 15) is 0 Å². The van der Waals surface area contributed by atoms with Gasteiger partial charge in [0.1, 0.15) is 0 Å². The zero-order chi connectivity index (χ0) is 16.5. The molecule has 1 atom stereocenters. The van der Waals surface area contributed by atoms with Gasteiger partial charge in [-0.25, -0.2) is 4.68 Å². The molecule has 2 aromatic rings. The highest BCUT2D eigenvalue weighted by Gasteiger charge is 2.28. The molecule has 0 unspecified atom stereocenters. The van der Waals surface area contributed by atoms with Crippen molar-refractivity contribution in [3.63, 3.8) is 0 Å². The maximum absolute atomic E-state index is 4.17. The number of para-hydroxylation sites is 1. The first-order chi connectivity index (χ1) is 11.7. The average Bonchev–Trinajstić information content (AvgIpc) is 3.22. The van der Waals surface area contributed by atoms with Gasteiger partial charge in [-0.1, -0.05) is 18.2 Å². The van der Waals surface area contributed by atoms with Gasteiger partial charge in [0.15, 0.2) is 5.82 Å². The predicted octanol–water partition coefficient (Wildman–Crippen LogP) is 2.05. The van der Waals surface area contributed by atoms with Gasteiger partial charge in [0.25, 0.3) is 0 Å². The van der Waals surface area contributed by atoms with E-state index in [-0.39, 0.29) is 0 Å². The van der Waals surface area contributed by atoms with E-state index in [1.54, 1.807) is 4.68 Å². The van der Waals surface area contributed by atoms with Crippen molar-refractivity contribution < 1.29 is 0 Å². The van der Waals surface area contributed by atoms with Gasteiger partial charge >= 0.3 is 0 Å². The molecule has 2 aliphatic heterocycles. The van der Waals surface area contributed by atoms with E-state index in [1.807, 2.05) is 7.05 Å². The highest BCUT2D eigenvalue weighted by molar-refractivity contribution is 5.57. The van der Waals surface area contributed by atoms with Gasteiger partial charge < -0.3 is 4.90 Å². The molecule has 0 aliphatic carbocycles. The van der Waals surface area contributed by atoms with Crippen LogP contribution in [0, 0.1) is 5.92 Å². The lowest BCUT2D eigenvalue weighted by Gasteiger charge is -2.37. The topological polar surface area (TPSA) is 50.1 Å². The normalized spacial score (nSPS) is 20.3. The molecule has 0 amide bonds. The third-order valence-electron chi connectivity index (χ3n) is 5.69. The van der Waals surface area contributed by atoms with Crippen LogP contribution in [-0.2, 0) is 13.5 Å². The Hall–Kier alpha value is -1.95. The monoisotopic (exact) mass is 326 g/mol. The lowest BCUT2D eigenvalue weighted by Crippen LogP contribution is -2.40. The zero-order valence-corrected chi connectivity index (χ0v) is 14.6. The number of hydrogen-bond acceptors (Lipinski definition) is 5. The summed E-state index contributed by atoms with van der Waals surface area (Å²) in [5.41, 5.74) is 2.97. The van der Waals surface area contributed by atoms with Crippen LogP contribution in [0.25, 0.3) is 0 Å². The summed E-state index contributed by atoms with van der Waals surface area (Å²) in [7, 11) is 1.92. The summed E-state index contributed by atoms with van der Waals surface area (Å²) in [6.45, 7) is 6.86. The van der Waals surface area contributed by atoms with E-state index in [2.05, 4.69) is 56.5 Å². The third kappa shape index (κ3) is 2.90. The summed E-state index contributed by atoms with van der Waals surface area (Å²) < 4.78 is 1.79. The fourth-order valence-corrected chi connectivity index (χ4v) is 4.18. The second-order valence-electron chi connectivity index (χ2n) is 7.14. The molecule has 24 heavy (non-hydrogen) atoms. The van der Waals surface area contributed by atoms with Gasteiger partial charge in [0.05, 0.1) is 6.04 Å². The molecule has 0 saturated carbocycles. The Balaban J connectivity index is 1.33. The molecule has 1 aromatic heterocycles. The zero-order valence-electron chi connectivity index (χ0n) is 14.6. The minimum Gasteiger partial charge on any atom is -0.371 e. The second-order valence-corrected chi connectivity index (χ2v) is 7.14. The van der Waals surface area contributed by atoms with Crippen molar-refractivity contribution in [1.82, 2.24) is 25.1 Å². The van der Waals surface area contributed by atoms with Gasteiger partial charge in [0.2, 0.25) is 0 Å². The minimum absolute atomic E-state index is 0.290. The molecule has 128 valence electrons. The van der Waals surface area contributed by atoms with Crippen LogP contribution in [0.15, 0.2) is 24.3 Å². The number of likely N-dealkylation sites (tertiary alicyclic amines) is 1. The van der Waals surface area contributed by atoms with E-state index in [4.69, 9.17) is 0 Å². The Kier molecular flexibility index (Phi) is 4.22. The molecule has 1 saturated heterocycles.